The molecule has 1 heterocycles. The van der Waals surface area contributed by atoms with Crippen molar-refractivity contribution < 1.29 is 9.90 Å². The molecule has 2 N–H and O–H groups in total. The van der Waals surface area contributed by atoms with Crippen molar-refractivity contribution in [1.29, 1.82) is 0 Å². The third kappa shape index (κ3) is 5.50. The Morgan fingerprint density at radius 1 is 1.48 bits per heavy atom. The molecule has 116 valence electrons. The largest absolute Gasteiger partial charge is 0.384 e. The van der Waals surface area contributed by atoms with Crippen LogP contribution in [-0.2, 0) is 0 Å². The third-order valence-corrected chi connectivity index (χ3v) is 4.26. The monoisotopic (exact) mass is 308 g/mol. The molecular weight excluding hydrogens is 284 g/mol. The van der Waals surface area contributed by atoms with Crippen molar-refractivity contribution >= 4 is 17.2 Å². The smallest absolute Gasteiger partial charge is 0.261 e. The van der Waals surface area contributed by atoms with Gasteiger partial charge in [0.05, 0.1) is 9.75 Å². The molecule has 4 nitrogen and oxygen atoms in total. The summed E-state index contributed by atoms with van der Waals surface area (Å²) in [4.78, 5) is 15.9. The van der Waals surface area contributed by atoms with Crippen LogP contribution in [-0.4, -0.2) is 49.2 Å². The Hall–Kier alpha value is -1.35. The first-order valence-corrected chi connectivity index (χ1v) is 7.82. The van der Waals surface area contributed by atoms with Gasteiger partial charge in [0.1, 0.15) is 6.61 Å². The second kappa shape index (κ2) is 8.18. The van der Waals surface area contributed by atoms with Gasteiger partial charge in [-0.1, -0.05) is 25.7 Å². The van der Waals surface area contributed by atoms with E-state index in [-0.39, 0.29) is 18.6 Å². The van der Waals surface area contributed by atoms with E-state index in [0.29, 0.717) is 10.8 Å². The van der Waals surface area contributed by atoms with Crippen LogP contribution in [0.2, 0.25) is 0 Å². The first-order chi connectivity index (χ1) is 9.85. The normalized spacial score (nSPS) is 12.2. The van der Waals surface area contributed by atoms with E-state index >= 15 is 0 Å². The lowest BCUT2D eigenvalue weighted by atomic mass is 10.0. The average Bonchev–Trinajstić information content (AvgIpc) is 2.76. The van der Waals surface area contributed by atoms with Crippen LogP contribution in [0.15, 0.2) is 6.07 Å². The maximum Gasteiger partial charge on any atom is 0.261 e. The predicted molar refractivity (Wildman–Crippen MR) is 87.7 cm³/mol. The summed E-state index contributed by atoms with van der Waals surface area (Å²) in [5, 5.41) is 11.8. The van der Waals surface area contributed by atoms with Crippen LogP contribution in [0.1, 0.15) is 34.0 Å². The minimum atomic E-state index is -0.170. The minimum Gasteiger partial charge on any atom is -0.384 e. The summed E-state index contributed by atoms with van der Waals surface area (Å²) in [5.41, 5.74) is 0.972. The van der Waals surface area contributed by atoms with Crippen LogP contribution in [0.25, 0.3) is 0 Å². The standard InChI is InChI=1S/C16H24N2O2S/c1-11(2)13(10-18(4)5)17-16(20)15-9-12(3)14(21-15)7-6-8-19/h9,11,13,19H,8,10H2,1-5H3,(H,17,20). The van der Waals surface area contributed by atoms with Gasteiger partial charge in [-0.05, 0) is 38.6 Å². The van der Waals surface area contributed by atoms with Gasteiger partial charge in [0, 0.05) is 12.6 Å². The molecule has 0 aromatic carbocycles. The van der Waals surface area contributed by atoms with Crippen molar-refractivity contribution in [3.63, 3.8) is 0 Å². The Labute approximate surface area is 131 Å². The van der Waals surface area contributed by atoms with E-state index in [4.69, 9.17) is 5.11 Å². The maximum atomic E-state index is 12.4. The van der Waals surface area contributed by atoms with Crippen molar-refractivity contribution in [2.75, 3.05) is 27.2 Å². The van der Waals surface area contributed by atoms with Crippen LogP contribution >= 0.6 is 11.3 Å². The van der Waals surface area contributed by atoms with E-state index in [0.717, 1.165) is 17.0 Å². The molecule has 1 unspecified atom stereocenters. The highest BCUT2D eigenvalue weighted by atomic mass is 32.1. The molecule has 0 saturated heterocycles. The fourth-order valence-corrected chi connectivity index (χ4v) is 2.84. The quantitative estimate of drug-likeness (QED) is 0.814. The summed E-state index contributed by atoms with van der Waals surface area (Å²) in [5.74, 6) is 5.81. The van der Waals surface area contributed by atoms with Gasteiger partial charge in [-0.2, -0.15) is 0 Å². The highest BCUT2D eigenvalue weighted by Crippen LogP contribution is 2.21. The van der Waals surface area contributed by atoms with E-state index in [1.165, 1.54) is 11.3 Å². The first kappa shape index (κ1) is 17.7. The number of thiophene rings is 1. The second-order valence-corrected chi connectivity index (χ2v) is 6.72. The summed E-state index contributed by atoms with van der Waals surface area (Å²) >= 11 is 1.37. The van der Waals surface area contributed by atoms with Crippen LogP contribution in [0.4, 0.5) is 0 Å². The highest BCUT2D eigenvalue weighted by Gasteiger charge is 2.19. The van der Waals surface area contributed by atoms with E-state index in [1.807, 2.05) is 27.1 Å². The zero-order chi connectivity index (χ0) is 16.0. The topological polar surface area (TPSA) is 52.6 Å². The lowest BCUT2D eigenvalue weighted by molar-refractivity contribution is 0.0920. The minimum absolute atomic E-state index is 0.0549. The molecule has 21 heavy (non-hydrogen) atoms. The van der Waals surface area contributed by atoms with Gasteiger partial charge in [0.25, 0.3) is 5.91 Å². The number of amides is 1. The molecule has 0 aliphatic heterocycles. The molecule has 1 aromatic rings. The van der Waals surface area contributed by atoms with Crippen molar-refractivity contribution in [3.05, 3.63) is 21.4 Å². The molecule has 0 fully saturated rings. The van der Waals surface area contributed by atoms with Gasteiger partial charge in [0.15, 0.2) is 0 Å². The number of hydrogen-bond acceptors (Lipinski definition) is 4. The van der Waals surface area contributed by atoms with E-state index in [9.17, 15) is 4.79 Å². The third-order valence-electron chi connectivity index (χ3n) is 3.11. The molecule has 1 aromatic heterocycles. The number of carbonyl (C=O) groups is 1. The molecule has 1 amide bonds. The lowest BCUT2D eigenvalue weighted by Crippen LogP contribution is -2.44. The number of nitrogens with one attached hydrogen (secondary N) is 1. The lowest BCUT2D eigenvalue weighted by Gasteiger charge is -2.25. The summed E-state index contributed by atoms with van der Waals surface area (Å²) < 4.78 is 0. The van der Waals surface area contributed by atoms with Crippen molar-refractivity contribution in [2.45, 2.75) is 26.8 Å². The molecule has 0 spiro atoms. The SMILES string of the molecule is Cc1cc(C(=O)NC(CN(C)C)C(C)C)sc1C#CCO. The Morgan fingerprint density at radius 3 is 2.67 bits per heavy atom. The highest BCUT2D eigenvalue weighted by molar-refractivity contribution is 7.14. The number of aliphatic hydroxyl groups is 1. The van der Waals surface area contributed by atoms with Crippen molar-refractivity contribution in [2.24, 2.45) is 5.92 Å². The van der Waals surface area contributed by atoms with Gasteiger partial charge < -0.3 is 15.3 Å². The van der Waals surface area contributed by atoms with Crippen LogP contribution in [0.5, 0.6) is 0 Å². The Bertz CT molecular complexity index is 538. The fourth-order valence-electron chi connectivity index (χ4n) is 1.89. The molecule has 0 aliphatic carbocycles. The summed E-state index contributed by atoms with van der Waals surface area (Å²) in [6.45, 7) is 6.77. The zero-order valence-electron chi connectivity index (χ0n) is 13.4. The number of likely N-dealkylation sites (N-methyl/N-ethyl adjacent to an activating group) is 1. The molecule has 5 heteroatoms. The number of carbonyl (C=O) groups excluding carboxylic acids is 1. The van der Waals surface area contributed by atoms with E-state index in [1.54, 1.807) is 0 Å². The predicted octanol–water partition coefficient (Wildman–Crippen LogP) is 1.72. The number of hydrogen-bond donors (Lipinski definition) is 2. The van der Waals surface area contributed by atoms with Crippen LogP contribution in [0.3, 0.4) is 0 Å². The fraction of sp³-hybridized carbons (Fsp3) is 0.562. The molecule has 1 rings (SSSR count). The van der Waals surface area contributed by atoms with Crippen molar-refractivity contribution in [3.8, 4) is 11.8 Å². The number of rotatable bonds is 5. The van der Waals surface area contributed by atoms with Gasteiger partial charge >= 0.3 is 0 Å². The molecule has 0 bridgehead atoms. The Morgan fingerprint density at radius 2 is 2.14 bits per heavy atom. The summed E-state index contributed by atoms with van der Waals surface area (Å²) in [7, 11) is 4.00. The molecule has 1 atom stereocenters. The van der Waals surface area contributed by atoms with E-state index in [2.05, 4.69) is 35.9 Å². The van der Waals surface area contributed by atoms with Gasteiger partial charge in [0.2, 0.25) is 0 Å². The van der Waals surface area contributed by atoms with E-state index < -0.39 is 0 Å². The molecule has 0 radical (unpaired) electrons. The summed E-state index contributed by atoms with van der Waals surface area (Å²) in [6, 6.07) is 1.97. The van der Waals surface area contributed by atoms with Crippen LogP contribution < -0.4 is 5.32 Å². The zero-order valence-corrected chi connectivity index (χ0v) is 14.2. The Balaban J connectivity index is 2.83. The molecule has 0 saturated carbocycles. The van der Waals surface area contributed by atoms with Gasteiger partial charge in [-0.15, -0.1) is 11.3 Å². The first-order valence-electron chi connectivity index (χ1n) is 7.01. The van der Waals surface area contributed by atoms with Crippen LogP contribution in [0, 0.1) is 24.7 Å². The number of aliphatic hydroxyl groups excluding tert-OH is 1. The number of aryl methyl sites for hydroxylation is 1. The van der Waals surface area contributed by atoms with Gasteiger partial charge in [-0.3, -0.25) is 4.79 Å². The second-order valence-electron chi connectivity index (χ2n) is 5.67. The number of nitrogens with zero attached hydrogens (tertiary/aromatic N) is 1. The molecular formula is C16H24N2O2S. The summed E-state index contributed by atoms with van der Waals surface area (Å²) in [6.07, 6.45) is 0. The maximum absolute atomic E-state index is 12.4. The van der Waals surface area contributed by atoms with Gasteiger partial charge in [-0.25, -0.2) is 0 Å². The Kier molecular flexibility index (Phi) is 6.90. The molecule has 0 aliphatic rings. The van der Waals surface area contributed by atoms with Crippen molar-refractivity contribution in [1.82, 2.24) is 10.2 Å². The average molecular weight is 308 g/mol.